The molecule has 2 heteroatoms. The molecule has 1 saturated heterocycles. The summed E-state index contributed by atoms with van der Waals surface area (Å²) >= 11 is 3.98. The van der Waals surface area contributed by atoms with E-state index < -0.39 is 0 Å². The fourth-order valence-electron chi connectivity index (χ4n) is 0.560. The maximum Gasteiger partial charge on any atom is 0.0480 e. The predicted octanol–water partition coefficient (Wildman–Crippen LogP) is 2.37. The van der Waals surface area contributed by atoms with E-state index in [2.05, 4.69) is 13.5 Å². The largest absolute Gasteiger partial charge is 0.143 e. The summed E-state index contributed by atoms with van der Waals surface area (Å²) in [7, 11) is 0. The van der Waals surface area contributed by atoms with Gasteiger partial charge in [0.25, 0.3) is 0 Å². The minimum Gasteiger partial charge on any atom is -0.143 e. The molecule has 0 N–H and O–H groups in total. The Morgan fingerprint density at radius 2 is 2.00 bits per heavy atom. The summed E-state index contributed by atoms with van der Waals surface area (Å²) in [5.41, 5.74) is 1.39. The monoisotopic (exact) mass is 146 g/mol. The first-order chi connectivity index (χ1) is 3.79. The molecule has 0 unspecified atom stereocenters. The van der Waals surface area contributed by atoms with Gasteiger partial charge in [0.2, 0.25) is 0 Å². The lowest BCUT2D eigenvalue weighted by Gasteiger charge is -2.17. The van der Waals surface area contributed by atoms with Crippen molar-refractivity contribution in [3.63, 3.8) is 0 Å². The summed E-state index contributed by atoms with van der Waals surface area (Å²) in [6.07, 6.45) is 0. The number of thioether (sulfide) groups is 2. The van der Waals surface area contributed by atoms with Crippen LogP contribution in [0.25, 0.3) is 0 Å². The van der Waals surface area contributed by atoms with Crippen LogP contribution in [0.3, 0.4) is 0 Å². The molecule has 0 aromatic rings. The molecule has 0 radical (unpaired) electrons. The molecule has 0 saturated carbocycles. The maximum atomic E-state index is 3.91. The van der Waals surface area contributed by atoms with Gasteiger partial charge in [-0.25, -0.2) is 0 Å². The average Bonchev–Trinajstić information content (AvgIpc) is 1.77. The highest BCUT2D eigenvalue weighted by Gasteiger charge is 2.10. The summed E-state index contributed by atoms with van der Waals surface area (Å²) in [4.78, 5) is 0. The van der Waals surface area contributed by atoms with Gasteiger partial charge < -0.3 is 0 Å². The second-order valence-corrected chi connectivity index (χ2v) is 4.90. The summed E-state index contributed by atoms with van der Waals surface area (Å²) < 4.78 is 0.792. The smallest absolute Gasteiger partial charge is 0.0480 e. The SMILES string of the molecule is C=C1CSC(C)SC1. The highest BCUT2D eigenvalue weighted by atomic mass is 32.2. The van der Waals surface area contributed by atoms with Crippen LogP contribution in [-0.2, 0) is 0 Å². The Bertz CT molecular complexity index is 88.7. The van der Waals surface area contributed by atoms with Gasteiger partial charge in [0, 0.05) is 16.1 Å². The van der Waals surface area contributed by atoms with E-state index in [1.54, 1.807) is 0 Å². The molecule has 0 aromatic carbocycles. The fraction of sp³-hybridized carbons (Fsp3) is 0.667. The number of hydrogen-bond acceptors (Lipinski definition) is 2. The van der Waals surface area contributed by atoms with Crippen molar-refractivity contribution in [1.82, 2.24) is 0 Å². The second kappa shape index (κ2) is 2.83. The first-order valence-corrected chi connectivity index (χ1v) is 4.78. The molecule has 1 aliphatic rings. The first kappa shape index (κ1) is 6.56. The molecule has 0 aromatic heterocycles. The summed E-state index contributed by atoms with van der Waals surface area (Å²) in [5, 5.41) is 0. The zero-order valence-electron chi connectivity index (χ0n) is 5.02. The van der Waals surface area contributed by atoms with Gasteiger partial charge in [0.15, 0.2) is 0 Å². The minimum atomic E-state index is 0.792. The van der Waals surface area contributed by atoms with Crippen LogP contribution in [0, 0.1) is 0 Å². The van der Waals surface area contributed by atoms with Crippen LogP contribution in [-0.4, -0.2) is 16.1 Å². The zero-order chi connectivity index (χ0) is 5.98. The van der Waals surface area contributed by atoms with Crippen molar-refractivity contribution in [1.29, 1.82) is 0 Å². The molecular formula is C6H10S2. The van der Waals surface area contributed by atoms with Gasteiger partial charge in [-0.05, 0) is 6.92 Å². The van der Waals surface area contributed by atoms with Crippen LogP contribution in [0.4, 0.5) is 0 Å². The van der Waals surface area contributed by atoms with Crippen molar-refractivity contribution in [2.24, 2.45) is 0 Å². The van der Waals surface area contributed by atoms with Gasteiger partial charge in [-0.1, -0.05) is 12.2 Å². The van der Waals surface area contributed by atoms with E-state index in [1.807, 2.05) is 23.5 Å². The standard InChI is InChI=1S/C6H10S2/c1-5-3-7-6(2)8-4-5/h6H,1,3-4H2,2H3. The topological polar surface area (TPSA) is 0 Å². The maximum absolute atomic E-state index is 3.91. The minimum absolute atomic E-state index is 0.792. The molecule has 8 heavy (non-hydrogen) atoms. The van der Waals surface area contributed by atoms with Crippen LogP contribution in [0.1, 0.15) is 6.92 Å². The Kier molecular flexibility index (Phi) is 2.32. The van der Waals surface area contributed by atoms with E-state index in [0.29, 0.717) is 0 Å². The van der Waals surface area contributed by atoms with Crippen LogP contribution >= 0.6 is 23.5 Å². The van der Waals surface area contributed by atoms with E-state index >= 15 is 0 Å². The van der Waals surface area contributed by atoms with E-state index in [0.717, 1.165) is 4.58 Å². The molecule has 0 atom stereocenters. The van der Waals surface area contributed by atoms with Crippen LogP contribution in [0.15, 0.2) is 12.2 Å². The third-order valence-corrected chi connectivity index (χ3v) is 3.95. The third-order valence-electron chi connectivity index (χ3n) is 1.04. The molecule has 0 bridgehead atoms. The van der Waals surface area contributed by atoms with Crippen molar-refractivity contribution in [2.45, 2.75) is 11.5 Å². The van der Waals surface area contributed by atoms with E-state index in [4.69, 9.17) is 0 Å². The van der Waals surface area contributed by atoms with E-state index in [1.165, 1.54) is 17.1 Å². The van der Waals surface area contributed by atoms with Gasteiger partial charge in [-0.15, -0.1) is 23.5 Å². The average molecular weight is 146 g/mol. The Morgan fingerprint density at radius 1 is 1.50 bits per heavy atom. The van der Waals surface area contributed by atoms with E-state index in [9.17, 15) is 0 Å². The quantitative estimate of drug-likeness (QED) is 0.481. The molecule has 0 amide bonds. The van der Waals surface area contributed by atoms with Crippen LogP contribution in [0.5, 0.6) is 0 Å². The molecular weight excluding hydrogens is 136 g/mol. The molecule has 46 valence electrons. The van der Waals surface area contributed by atoms with Crippen molar-refractivity contribution in [3.8, 4) is 0 Å². The number of rotatable bonds is 0. The van der Waals surface area contributed by atoms with E-state index in [-0.39, 0.29) is 0 Å². The van der Waals surface area contributed by atoms with Crippen molar-refractivity contribution in [2.75, 3.05) is 11.5 Å². The van der Waals surface area contributed by atoms with Gasteiger partial charge in [-0.2, -0.15) is 0 Å². The summed E-state index contributed by atoms with van der Waals surface area (Å²) in [5.74, 6) is 2.35. The molecule has 1 aliphatic heterocycles. The first-order valence-electron chi connectivity index (χ1n) is 2.69. The Balaban J connectivity index is 2.29. The molecule has 1 heterocycles. The third kappa shape index (κ3) is 1.75. The van der Waals surface area contributed by atoms with Gasteiger partial charge in [-0.3, -0.25) is 0 Å². The fourth-order valence-corrected chi connectivity index (χ4v) is 2.63. The van der Waals surface area contributed by atoms with Crippen LogP contribution < -0.4 is 0 Å². The highest BCUT2D eigenvalue weighted by Crippen LogP contribution is 2.31. The Labute approximate surface area is 59.1 Å². The lowest BCUT2D eigenvalue weighted by molar-refractivity contribution is 1.34. The summed E-state index contributed by atoms with van der Waals surface area (Å²) in [6.45, 7) is 6.16. The van der Waals surface area contributed by atoms with Gasteiger partial charge in [0.1, 0.15) is 0 Å². The van der Waals surface area contributed by atoms with Crippen molar-refractivity contribution < 1.29 is 0 Å². The number of hydrogen-bond donors (Lipinski definition) is 0. The Morgan fingerprint density at radius 3 is 2.38 bits per heavy atom. The molecule has 0 aliphatic carbocycles. The summed E-state index contributed by atoms with van der Waals surface area (Å²) in [6, 6.07) is 0. The predicted molar refractivity (Wildman–Crippen MR) is 43.5 cm³/mol. The molecule has 0 spiro atoms. The van der Waals surface area contributed by atoms with Crippen molar-refractivity contribution in [3.05, 3.63) is 12.2 Å². The van der Waals surface area contributed by atoms with Crippen LogP contribution in [0.2, 0.25) is 0 Å². The lowest BCUT2D eigenvalue weighted by atomic mass is 10.4. The van der Waals surface area contributed by atoms with Crippen molar-refractivity contribution >= 4 is 23.5 Å². The lowest BCUT2D eigenvalue weighted by Crippen LogP contribution is -2.04. The Hall–Kier alpha value is 0.440. The molecule has 0 nitrogen and oxygen atoms in total. The molecule has 1 rings (SSSR count). The zero-order valence-corrected chi connectivity index (χ0v) is 6.65. The van der Waals surface area contributed by atoms with Gasteiger partial charge in [0.05, 0.1) is 0 Å². The normalized spacial score (nSPS) is 23.9. The highest BCUT2D eigenvalue weighted by molar-refractivity contribution is 8.17. The molecule has 1 fully saturated rings. The van der Waals surface area contributed by atoms with Gasteiger partial charge >= 0.3 is 0 Å². The second-order valence-electron chi connectivity index (χ2n) is 1.94.